The normalized spacial score (nSPS) is 26.7. The van der Waals surface area contributed by atoms with Gasteiger partial charge in [-0.25, -0.2) is 0 Å². The summed E-state index contributed by atoms with van der Waals surface area (Å²) in [7, 11) is -3.98. The van der Waals surface area contributed by atoms with Crippen molar-refractivity contribution >= 4 is 22.6 Å². The number of rotatable bonds is 9. The Morgan fingerprint density at radius 1 is 1.20 bits per heavy atom. The maximum atomic E-state index is 12.6. The molecular formula is C20H42O3Si2. The molecule has 0 spiro atoms. The van der Waals surface area contributed by atoms with Crippen LogP contribution < -0.4 is 0 Å². The first kappa shape index (κ1) is 22.9. The minimum atomic E-state index is -2.32. The molecule has 0 aromatic rings. The molecule has 1 rings (SSSR count). The highest BCUT2D eigenvalue weighted by Gasteiger charge is 2.57. The van der Waals surface area contributed by atoms with E-state index in [1.54, 1.807) is 0 Å². The predicted octanol–water partition coefficient (Wildman–Crippen LogP) is 6.43. The van der Waals surface area contributed by atoms with E-state index in [1.165, 1.54) is 12.5 Å². The van der Waals surface area contributed by atoms with Gasteiger partial charge in [0.2, 0.25) is 0 Å². The molecular weight excluding hydrogens is 344 g/mol. The van der Waals surface area contributed by atoms with E-state index in [2.05, 4.69) is 61.6 Å². The van der Waals surface area contributed by atoms with Gasteiger partial charge in [0.15, 0.2) is 8.32 Å². The summed E-state index contributed by atoms with van der Waals surface area (Å²) < 4.78 is 13.3. The third-order valence-electron chi connectivity index (χ3n) is 6.74. The molecule has 1 aliphatic rings. The Bertz CT molecular complexity index is 456. The Morgan fingerprint density at radius 3 is 2.08 bits per heavy atom. The number of hydrogen-bond donors (Lipinski definition) is 0. The summed E-state index contributed by atoms with van der Waals surface area (Å²) in [4.78, 5) is 12.6. The summed E-state index contributed by atoms with van der Waals surface area (Å²) in [6, 6.07) is 2.18. The fourth-order valence-corrected chi connectivity index (χ4v) is 11.8. The maximum absolute atomic E-state index is 12.6. The van der Waals surface area contributed by atoms with Gasteiger partial charge in [0, 0.05) is 6.42 Å². The van der Waals surface area contributed by atoms with Gasteiger partial charge in [-0.15, -0.1) is 0 Å². The zero-order valence-electron chi connectivity index (χ0n) is 18.3. The van der Waals surface area contributed by atoms with Crippen LogP contribution in [0.5, 0.6) is 0 Å². The van der Waals surface area contributed by atoms with Crippen molar-refractivity contribution in [3.05, 3.63) is 0 Å². The molecule has 0 radical (unpaired) electrons. The van der Waals surface area contributed by atoms with Crippen LogP contribution in [-0.4, -0.2) is 27.8 Å². The lowest BCUT2D eigenvalue weighted by Crippen LogP contribution is -2.66. The fourth-order valence-electron chi connectivity index (χ4n) is 3.95. The average Bonchev–Trinajstić information content (AvgIpc) is 2.55. The van der Waals surface area contributed by atoms with Gasteiger partial charge < -0.3 is 8.85 Å². The predicted molar refractivity (Wildman–Crippen MR) is 112 cm³/mol. The van der Waals surface area contributed by atoms with Gasteiger partial charge in [-0.05, 0) is 55.4 Å². The Kier molecular flexibility index (Phi) is 7.57. The summed E-state index contributed by atoms with van der Waals surface area (Å²) >= 11 is 0. The first-order valence-corrected chi connectivity index (χ1v) is 15.6. The molecule has 3 nitrogen and oxygen atoms in total. The molecule has 0 saturated carbocycles. The second-order valence-electron chi connectivity index (χ2n) is 9.67. The quantitative estimate of drug-likeness (QED) is 0.428. The standard InChI is InChI=1S/C20H42O3Si2/c1-10-20(11-2,23-24(8)16-14-17(24)4)25(9,12-3)22-18(21)13-15-19(5,6)7/h17H,10-16H2,1-9H3/t17-,24?,25?/m0/s1. The van der Waals surface area contributed by atoms with Crippen molar-refractivity contribution in [2.45, 2.75) is 117 Å². The van der Waals surface area contributed by atoms with E-state index < -0.39 is 16.6 Å². The SMILES string of the molecule is CCC(CC)(O[Si]1(C)CC[C@@H]1C)[Si](C)(CC)OC(=O)CCC(C)(C)C. The van der Waals surface area contributed by atoms with E-state index in [0.29, 0.717) is 6.42 Å². The van der Waals surface area contributed by atoms with Crippen molar-refractivity contribution in [3.63, 3.8) is 0 Å². The highest BCUT2D eigenvalue weighted by molar-refractivity contribution is 6.81. The van der Waals surface area contributed by atoms with Crippen LogP contribution in [0.1, 0.15) is 80.6 Å². The molecule has 0 aromatic carbocycles. The molecule has 1 fully saturated rings. The summed E-state index contributed by atoms with van der Waals surface area (Å²) in [5.41, 5.74) is 0.880. The molecule has 0 bridgehead atoms. The van der Waals surface area contributed by atoms with Crippen LogP contribution in [0.25, 0.3) is 0 Å². The van der Waals surface area contributed by atoms with E-state index in [0.717, 1.165) is 30.8 Å². The molecule has 0 aromatic heterocycles. The lowest BCUT2D eigenvalue weighted by molar-refractivity contribution is -0.137. The van der Waals surface area contributed by atoms with Gasteiger partial charge in [0.05, 0.1) is 5.22 Å². The molecule has 1 saturated heterocycles. The van der Waals surface area contributed by atoms with E-state index in [-0.39, 0.29) is 16.6 Å². The third-order valence-corrected chi connectivity index (χ3v) is 16.2. The van der Waals surface area contributed by atoms with Crippen molar-refractivity contribution in [2.24, 2.45) is 5.41 Å². The molecule has 1 heterocycles. The van der Waals surface area contributed by atoms with Gasteiger partial charge in [-0.3, -0.25) is 4.79 Å². The van der Waals surface area contributed by atoms with Crippen molar-refractivity contribution in [3.8, 4) is 0 Å². The molecule has 1 aliphatic heterocycles. The molecule has 148 valence electrons. The van der Waals surface area contributed by atoms with Crippen LogP contribution in [0.15, 0.2) is 0 Å². The van der Waals surface area contributed by atoms with Crippen LogP contribution in [0.4, 0.5) is 0 Å². The fraction of sp³-hybridized carbons (Fsp3) is 0.950. The largest absolute Gasteiger partial charge is 0.516 e. The van der Waals surface area contributed by atoms with Gasteiger partial charge in [-0.1, -0.05) is 54.9 Å². The van der Waals surface area contributed by atoms with Crippen LogP contribution in [0, 0.1) is 5.41 Å². The molecule has 5 heteroatoms. The van der Waals surface area contributed by atoms with E-state index in [1.807, 2.05) is 0 Å². The Labute approximate surface area is 158 Å². The Morgan fingerprint density at radius 2 is 1.76 bits per heavy atom. The first-order valence-electron chi connectivity index (χ1n) is 10.3. The van der Waals surface area contributed by atoms with E-state index in [9.17, 15) is 4.79 Å². The molecule has 0 N–H and O–H groups in total. The van der Waals surface area contributed by atoms with Crippen molar-refractivity contribution in [2.75, 3.05) is 0 Å². The first-order chi connectivity index (χ1) is 11.4. The molecule has 3 atom stereocenters. The molecule has 2 unspecified atom stereocenters. The van der Waals surface area contributed by atoms with Gasteiger partial charge in [0.25, 0.3) is 14.3 Å². The Balaban J connectivity index is 2.97. The zero-order chi connectivity index (χ0) is 19.5. The van der Waals surface area contributed by atoms with E-state index >= 15 is 0 Å². The van der Waals surface area contributed by atoms with Crippen LogP contribution in [0.3, 0.4) is 0 Å². The topological polar surface area (TPSA) is 35.5 Å². The van der Waals surface area contributed by atoms with Crippen LogP contribution in [-0.2, 0) is 13.6 Å². The average molecular weight is 387 g/mol. The second-order valence-corrected chi connectivity index (χ2v) is 18.3. The lowest BCUT2D eigenvalue weighted by Gasteiger charge is -2.54. The molecule has 0 amide bonds. The van der Waals surface area contributed by atoms with Gasteiger partial charge in [-0.2, -0.15) is 0 Å². The monoisotopic (exact) mass is 386 g/mol. The number of hydrogen-bond acceptors (Lipinski definition) is 3. The molecule has 0 aliphatic carbocycles. The van der Waals surface area contributed by atoms with Crippen molar-refractivity contribution in [1.29, 1.82) is 0 Å². The van der Waals surface area contributed by atoms with Gasteiger partial charge in [0.1, 0.15) is 0 Å². The third kappa shape index (κ3) is 5.19. The Hall–Kier alpha value is -0.136. The summed E-state index contributed by atoms with van der Waals surface area (Å²) in [6.07, 6.45) is 4.57. The highest BCUT2D eigenvalue weighted by Crippen LogP contribution is 2.49. The highest BCUT2D eigenvalue weighted by atomic mass is 28.4. The number of carbonyl (C=O) groups excluding carboxylic acids is 1. The van der Waals surface area contributed by atoms with Crippen LogP contribution >= 0.6 is 0 Å². The summed E-state index contributed by atoms with van der Waals surface area (Å²) in [5, 5.41) is -0.227. The minimum absolute atomic E-state index is 0.0192. The summed E-state index contributed by atoms with van der Waals surface area (Å²) in [5.74, 6) is -0.0192. The van der Waals surface area contributed by atoms with Crippen LogP contribution in [0.2, 0.25) is 30.7 Å². The van der Waals surface area contributed by atoms with Gasteiger partial charge >= 0.3 is 0 Å². The minimum Gasteiger partial charge on any atom is -0.516 e. The lowest BCUT2D eigenvalue weighted by atomic mass is 9.91. The molecule has 25 heavy (non-hydrogen) atoms. The number of carbonyl (C=O) groups is 1. The summed E-state index contributed by atoms with van der Waals surface area (Å²) in [6.45, 7) is 20.1. The van der Waals surface area contributed by atoms with Crippen molar-refractivity contribution in [1.82, 2.24) is 0 Å². The maximum Gasteiger partial charge on any atom is 0.292 e. The second kappa shape index (κ2) is 8.26. The van der Waals surface area contributed by atoms with Crippen molar-refractivity contribution < 1.29 is 13.6 Å². The zero-order valence-corrected chi connectivity index (χ0v) is 20.3. The smallest absolute Gasteiger partial charge is 0.292 e. The van der Waals surface area contributed by atoms with E-state index in [4.69, 9.17) is 8.85 Å².